The molecule has 166 valence electrons. The van der Waals surface area contributed by atoms with Crippen LogP contribution in [0.5, 0.6) is 5.75 Å². The average molecular weight is 425 g/mol. The van der Waals surface area contributed by atoms with Gasteiger partial charge in [-0.25, -0.2) is 9.97 Å². The minimum absolute atomic E-state index is 0.0169. The Morgan fingerprint density at radius 1 is 1.19 bits per heavy atom. The van der Waals surface area contributed by atoms with Gasteiger partial charge < -0.3 is 19.8 Å². The lowest BCUT2D eigenvalue weighted by molar-refractivity contribution is 0.166. The van der Waals surface area contributed by atoms with E-state index in [9.17, 15) is 10.2 Å². The molecule has 0 amide bonds. The molecule has 3 aliphatic rings. The van der Waals surface area contributed by atoms with Crippen LogP contribution in [-0.4, -0.2) is 57.9 Å². The van der Waals surface area contributed by atoms with Gasteiger partial charge in [-0.05, 0) is 49.3 Å². The highest BCUT2D eigenvalue weighted by molar-refractivity contribution is 5.39. The third-order valence-electron chi connectivity index (χ3n) is 7.26. The van der Waals surface area contributed by atoms with Crippen molar-refractivity contribution in [1.82, 2.24) is 14.9 Å². The number of hydrogen-bond donors (Lipinski definition) is 2. The summed E-state index contributed by atoms with van der Waals surface area (Å²) in [6.07, 6.45) is 7.49. The molecule has 2 saturated heterocycles. The molecule has 7 heteroatoms. The van der Waals surface area contributed by atoms with Gasteiger partial charge in [0.1, 0.15) is 5.75 Å². The smallest absolute Gasteiger partial charge is 0.225 e. The molecule has 2 aromatic rings. The average Bonchev–Trinajstić information content (AvgIpc) is 3.09. The van der Waals surface area contributed by atoms with Gasteiger partial charge in [-0.3, -0.25) is 4.90 Å². The topological polar surface area (TPSA) is 82.0 Å². The largest absolute Gasteiger partial charge is 0.496 e. The lowest BCUT2D eigenvalue weighted by Crippen LogP contribution is -2.40. The van der Waals surface area contributed by atoms with Crippen molar-refractivity contribution in [3.05, 3.63) is 46.8 Å². The first kappa shape index (κ1) is 20.7. The number of anilines is 1. The van der Waals surface area contributed by atoms with E-state index < -0.39 is 0 Å². The summed E-state index contributed by atoms with van der Waals surface area (Å²) in [4.78, 5) is 14.6. The molecule has 31 heavy (non-hydrogen) atoms. The van der Waals surface area contributed by atoms with Crippen molar-refractivity contribution in [2.45, 2.75) is 57.3 Å². The first-order chi connectivity index (χ1) is 15.2. The Labute approximate surface area is 183 Å². The second-order valence-electron chi connectivity index (χ2n) is 9.14. The second-order valence-corrected chi connectivity index (χ2v) is 9.14. The van der Waals surface area contributed by atoms with E-state index in [1.807, 2.05) is 12.3 Å². The third-order valence-corrected chi connectivity index (χ3v) is 7.26. The summed E-state index contributed by atoms with van der Waals surface area (Å²) < 4.78 is 5.35. The number of aromatic nitrogens is 2. The SMILES string of the molecule is COc1ccc(CN2C3CCC2c2cnc(N4CCCC(CO)C4)nc2C3)cc1CO. The molecule has 0 radical (unpaired) electrons. The lowest BCUT2D eigenvalue weighted by atomic mass is 9.97. The molecule has 0 saturated carbocycles. The molecule has 0 spiro atoms. The zero-order valence-electron chi connectivity index (χ0n) is 18.2. The number of ether oxygens (including phenoxy) is 1. The van der Waals surface area contributed by atoms with Crippen molar-refractivity contribution < 1.29 is 14.9 Å². The van der Waals surface area contributed by atoms with Crippen molar-refractivity contribution in [3.8, 4) is 5.75 Å². The van der Waals surface area contributed by atoms with Crippen LogP contribution in [0.2, 0.25) is 0 Å². The molecule has 5 rings (SSSR count). The van der Waals surface area contributed by atoms with Crippen LogP contribution in [0.1, 0.15) is 54.1 Å². The van der Waals surface area contributed by atoms with Crippen LogP contribution in [0, 0.1) is 5.92 Å². The van der Waals surface area contributed by atoms with Gasteiger partial charge >= 0.3 is 0 Å². The van der Waals surface area contributed by atoms with E-state index >= 15 is 0 Å². The maximum atomic E-state index is 9.66. The van der Waals surface area contributed by atoms with E-state index in [4.69, 9.17) is 14.7 Å². The predicted octanol–water partition coefficient (Wildman–Crippen LogP) is 2.45. The molecule has 0 aliphatic carbocycles. The summed E-state index contributed by atoms with van der Waals surface area (Å²) >= 11 is 0. The maximum Gasteiger partial charge on any atom is 0.225 e. The van der Waals surface area contributed by atoms with Crippen LogP contribution < -0.4 is 9.64 Å². The zero-order chi connectivity index (χ0) is 21.4. The van der Waals surface area contributed by atoms with Gasteiger partial charge in [0, 0.05) is 62.1 Å². The van der Waals surface area contributed by atoms with Gasteiger partial charge in [-0.2, -0.15) is 0 Å². The minimum Gasteiger partial charge on any atom is -0.496 e. The van der Waals surface area contributed by atoms with E-state index in [1.165, 1.54) is 23.2 Å². The van der Waals surface area contributed by atoms with Crippen molar-refractivity contribution in [2.75, 3.05) is 31.7 Å². The Hall–Kier alpha value is -2.22. The number of fused-ring (bicyclic) bond motifs is 4. The fourth-order valence-corrected chi connectivity index (χ4v) is 5.62. The van der Waals surface area contributed by atoms with Crippen molar-refractivity contribution >= 4 is 5.95 Å². The van der Waals surface area contributed by atoms with Gasteiger partial charge in [0.05, 0.1) is 19.4 Å². The summed E-state index contributed by atoms with van der Waals surface area (Å²) in [5.74, 6) is 1.89. The highest BCUT2D eigenvalue weighted by atomic mass is 16.5. The van der Waals surface area contributed by atoms with E-state index in [-0.39, 0.29) is 13.2 Å². The van der Waals surface area contributed by atoms with Gasteiger partial charge in [-0.15, -0.1) is 0 Å². The molecular formula is C24H32N4O3. The quantitative estimate of drug-likeness (QED) is 0.737. The molecule has 2 N–H and O–H groups in total. The molecule has 1 aromatic carbocycles. The first-order valence-electron chi connectivity index (χ1n) is 11.4. The van der Waals surface area contributed by atoms with Crippen molar-refractivity contribution in [2.24, 2.45) is 5.92 Å². The molecule has 3 atom stereocenters. The third kappa shape index (κ3) is 3.90. The van der Waals surface area contributed by atoms with Gasteiger partial charge in [0.25, 0.3) is 0 Å². The summed E-state index contributed by atoms with van der Waals surface area (Å²) in [6, 6.07) is 6.95. The van der Waals surface area contributed by atoms with Crippen LogP contribution in [0.15, 0.2) is 24.4 Å². The molecular weight excluding hydrogens is 392 g/mol. The fraction of sp³-hybridized carbons (Fsp3) is 0.583. The minimum atomic E-state index is -0.0169. The lowest BCUT2D eigenvalue weighted by Gasteiger charge is -2.37. The summed E-state index contributed by atoms with van der Waals surface area (Å²) in [5.41, 5.74) is 4.50. The molecule has 3 aliphatic heterocycles. The summed E-state index contributed by atoms with van der Waals surface area (Å²) in [6.45, 7) is 2.90. The highest BCUT2D eigenvalue weighted by Gasteiger charge is 2.41. The van der Waals surface area contributed by atoms with E-state index in [1.54, 1.807) is 7.11 Å². The van der Waals surface area contributed by atoms with E-state index in [2.05, 4.69) is 21.9 Å². The Bertz CT molecular complexity index is 937. The second kappa shape index (κ2) is 8.73. The number of rotatable bonds is 6. The number of benzene rings is 1. The number of methoxy groups -OCH3 is 1. The monoisotopic (exact) mass is 424 g/mol. The van der Waals surface area contributed by atoms with E-state index in [0.717, 1.165) is 62.6 Å². The number of nitrogens with zero attached hydrogens (tertiary/aromatic N) is 4. The first-order valence-corrected chi connectivity index (χ1v) is 11.4. The van der Waals surface area contributed by atoms with E-state index in [0.29, 0.717) is 18.0 Å². The summed E-state index contributed by atoms with van der Waals surface area (Å²) in [7, 11) is 1.64. The summed E-state index contributed by atoms with van der Waals surface area (Å²) in [5, 5.41) is 19.2. The van der Waals surface area contributed by atoms with Crippen LogP contribution >= 0.6 is 0 Å². The van der Waals surface area contributed by atoms with Crippen LogP contribution in [0.3, 0.4) is 0 Å². The Morgan fingerprint density at radius 2 is 2.10 bits per heavy atom. The Morgan fingerprint density at radius 3 is 2.90 bits per heavy atom. The fourth-order valence-electron chi connectivity index (χ4n) is 5.62. The van der Waals surface area contributed by atoms with Crippen LogP contribution in [0.25, 0.3) is 0 Å². The number of aliphatic hydroxyl groups is 2. The Balaban J connectivity index is 1.35. The zero-order valence-corrected chi connectivity index (χ0v) is 18.2. The number of hydrogen-bond acceptors (Lipinski definition) is 7. The highest BCUT2D eigenvalue weighted by Crippen LogP contribution is 2.44. The molecule has 4 heterocycles. The van der Waals surface area contributed by atoms with Crippen LogP contribution in [-0.2, 0) is 19.6 Å². The van der Waals surface area contributed by atoms with Gasteiger partial charge in [-0.1, -0.05) is 6.07 Å². The molecule has 2 bridgehead atoms. The normalized spacial score (nSPS) is 25.5. The molecule has 7 nitrogen and oxygen atoms in total. The maximum absolute atomic E-state index is 9.66. The number of piperidine rings is 1. The van der Waals surface area contributed by atoms with Crippen molar-refractivity contribution in [3.63, 3.8) is 0 Å². The predicted molar refractivity (Wildman–Crippen MR) is 118 cm³/mol. The Kier molecular flexibility index (Phi) is 5.82. The number of aliphatic hydroxyl groups excluding tert-OH is 2. The van der Waals surface area contributed by atoms with Gasteiger partial charge in [0.15, 0.2) is 0 Å². The van der Waals surface area contributed by atoms with Crippen molar-refractivity contribution in [1.29, 1.82) is 0 Å². The van der Waals surface area contributed by atoms with Gasteiger partial charge in [0.2, 0.25) is 5.95 Å². The van der Waals surface area contributed by atoms with Crippen LogP contribution in [0.4, 0.5) is 5.95 Å². The molecule has 2 fully saturated rings. The molecule has 1 aromatic heterocycles. The molecule has 3 unspecified atom stereocenters. The standard InChI is InChI=1S/C24H32N4O3/c1-31-23-7-4-16(9-18(23)15-30)13-28-19-5-6-22(28)20-11-25-24(26-21(20)10-19)27-8-2-3-17(12-27)14-29/h4,7,9,11,17,19,22,29-30H,2-3,5-6,8,10,12-15H2,1H3.